The van der Waals surface area contributed by atoms with Crippen molar-refractivity contribution in [2.24, 2.45) is 4.99 Å². The van der Waals surface area contributed by atoms with Crippen LogP contribution in [0.3, 0.4) is 0 Å². The Morgan fingerprint density at radius 1 is 1.55 bits per heavy atom. The standard InChI is InChI=1S/C7H5ClN2O/c8-4-3-9-5-1-2-6(11)10-7(4)5/h1-4H,(H,10,11). The van der Waals surface area contributed by atoms with Gasteiger partial charge in [0.25, 0.3) is 0 Å². The Balaban J connectivity index is 2.67. The van der Waals surface area contributed by atoms with Crippen LogP contribution in [-0.4, -0.2) is 11.2 Å². The second-order valence-corrected chi connectivity index (χ2v) is 2.77. The van der Waals surface area contributed by atoms with E-state index in [1.54, 1.807) is 12.3 Å². The van der Waals surface area contributed by atoms with Gasteiger partial charge in [0.05, 0.1) is 11.4 Å². The number of hydrogen-bond donors (Lipinski definition) is 1. The number of hydrogen-bond acceptors (Lipinski definition) is 2. The average Bonchev–Trinajstić information content (AvgIpc) is 2.33. The molecule has 11 heavy (non-hydrogen) atoms. The summed E-state index contributed by atoms with van der Waals surface area (Å²) in [5, 5.41) is -0.279. The van der Waals surface area contributed by atoms with Crippen LogP contribution in [0.25, 0.3) is 0 Å². The molecule has 0 bridgehead atoms. The summed E-state index contributed by atoms with van der Waals surface area (Å²) in [6.45, 7) is 0. The number of aromatic amines is 1. The van der Waals surface area contributed by atoms with E-state index in [2.05, 4.69) is 9.98 Å². The van der Waals surface area contributed by atoms with Gasteiger partial charge in [-0.15, -0.1) is 11.6 Å². The quantitative estimate of drug-likeness (QED) is 0.585. The maximum atomic E-state index is 10.8. The van der Waals surface area contributed by atoms with E-state index in [1.807, 2.05) is 0 Å². The largest absolute Gasteiger partial charge is 0.322 e. The molecule has 1 aliphatic heterocycles. The van der Waals surface area contributed by atoms with E-state index in [0.29, 0.717) is 5.69 Å². The molecule has 0 aliphatic carbocycles. The predicted molar refractivity (Wildman–Crippen MR) is 43.8 cm³/mol. The van der Waals surface area contributed by atoms with Crippen LogP contribution in [0.5, 0.6) is 0 Å². The van der Waals surface area contributed by atoms with Gasteiger partial charge in [0.1, 0.15) is 5.38 Å². The number of aromatic nitrogens is 1. The molecule has 3 nitrogen and oxygen atoms in total. The van der Waals surface area contributed by atoms with E-state index in [4.69, 9.17) is 11.6 Å². The zero-order chi connectivity index (χ0) is 7.84. The Bertz CT molecular complexity index is 369. The van der Waals surface area contributed by atoms with Gasteiger partial charge in [-0.2, -0.15) is 0 Å². The van der Waals surface area contributed by atoms with Crippen molar-refractivity contribution in [3.63, 3.8) is 0 Å². The molecule has 2 heterocycles. The monoisotopic (exact) mass is 168 g/mol. The minimum Gasteiger partial charge on any atom is -0.322 e. The second-order valence-electron chi connectivity index (χ2n) is 2.30. The molecule has 0 aromatic carbocycles. The zero-order valence-corrected chi connectivity index (χ0v) is 6.30. The lowest BCUT2D eigenvalue weighted by Crippen LogP contribution is -2.06. The van der Waals surface area contributed by atoms with Crippen LogP contribution in [0, 0.1) is 0 Å². The summed E-state index contributed by atoms with van der Waals surface area (Å²) in [6.07, 6.45) is 1.60. The van der Waals surface area contributed by atoms with Crippen LogP contribution in [0.15, 0.2) is 21.9 Å². The van der Waals surface area contributed by atoms with Gasteiger partial charge in [0.2, 0.25) is 5.56 Å². The molecule has 56 valence electrons. The molecule has 1 aromatic rings. The molecule has 1 unspecified atom stereocenters. The molecule has 2 rings (SSSR count). The number of alkyl halides is 1. The third kappa shape index (κ3) is 0.973. The first-order valence-electron chi connectivity index (χ1n) is 3.19. The lowest BCUT2D eigenvalue weighted by molar-refractivity contribution is 1.11. The third-order valence-electron chi connectivity index (χ3n) is 1.55. The Labute approximate surface area is 67.7 Å². The maximum absolute atomic E-state index is 10.8. The lowest BCUT2D eigenvalue weighted by Gasteiger charge is -1.97. The van der Waals surface area contributed by atoms with Crippen LogP contribution in [0.4, 0.5) is 5.69 Å². The van der Waals surface area contributed by atoms with Gasteiger partial charge in [-0.05, 0) is 6.07 Å². The molecule has 1 aliphatic rings. The number of pyridine rings is 1. The molecular formula is C7H5ClN2O. The third-order valence-corrected chi connectivity index (χ3v) is 1.88. The van der Waals surface area contributed by atoms with Gasteiger partial charge in [0, 0.05) is 12.3 Å². The molecule has 0 amide bonds. The van der Waals surface area contributed by atoms with E-state index in [0.717, 1.165) is 5.69 Å². The summed E-state index contributed by atoms with van der Waals surface area (Å²) in [5.74, 6) is 0. The summed E-state index contributed by atoms with van der Waals surface area (Å²) in [6, 6.07) is 3.10. The van der Waals surface area contributed by atoms with E-state index >= 15 is 0 Å². The summed E-state index contributed by atoms with van der Waals surface area (Å²) in [7, 11) is 0. The summed E-state index contributed by atoms with van der Waals surface area (Å²) in [4.78, 5) is 17.4. The Hall–Kier alpha value is -1.09. The highest BCUT2D eigenvalue weighted by atomic mass is 35.5. The number of aliphatic imine (C=N–C) groups is 1. The summed E-state index contributed by atoms with van der Waals surface area (Å²) < 4.78 is 0. The number of fused-ring (bicyclic) bond motifs is 1. The number of H-pyrrole nitrogens is 1. The fraction of sp³-hybridized carbons (Fsp3) is 0.143. The zero-order valence-electron chi connectivity index (χ0n) is 5.54. The first-order chi connectivity index (χ1) is 5.27. The predicted octanol–water partition coefficient (Wildman–Crippen LogP) is 1.37. The fourth-order valence-corrected chi connectivity index (χ4v) is 1.25. The van der Waals surface area contributed by atoms with Crippen molar-refractivity contribution in [3.05, 3.63) is 28.2 Å². The molecule has 0 saturated carbocycles. The van der Waals surface area contributed by atoms with Crippen molar-refractivity contribution in [2.45, 2.75) is 5.38 Å². The first kappa shape index (κ1) is 6.61. The SMILES string of the molecule is O=c1ccc2c([nH]1)C(Cl)C=N2. The molecule has 0 saturated heterocycles. The van der Waals surface area contributed by atoms with Crippen molar-refractivity contribution in [1.29, 1.82) is 0 Å². The van der Waals surface area contributed by atoms with Crippen molar-refractivity contribution in [1.82, 2.24) is 4.98 Å². The van der Waals surface area contributed by atoms with Gasteiger partial charge in [-0.3, -0.25) is 9.79 Å². The molecular weight excluding hydrogens is 164 g/mol. The van der Waals surface area contributed by atoms with E-state index in [9.17, 15) is 4.79 Å². The van der Waals surface area contributed by atoms with Gasteiger partial charge in [-0.1, -0.05) is 0 Å². The van der Waals surface area contributed by atoms with E-state index < -0.39 is 0 Å². The van der Waals surface area contributed by atoms with Crippen LogP contribution in [-0.2, 0) is 0 Å². The molecule has 0 radical (unpaired) electrons. The molecule has 1 N–H and O–H groups in total. The molecule has 0 spiro atoms. The minimum absolute atomic E-state index is 0.139. The molecule has 1 atom stereocenters. The van der Waals surface area contributed by atoms with Crippen molar-refractivity contribution in [2.75, 3.05) is 0 Å². The first-order valence-corrected chi connectivity index (χ1v) is 3.62. The second kappa shape index (κ2) is 2.20. The van der Waals surface area contributed by atoms with Crippen LogP contribution in [0.1, 0.15) is 11.1 Å². The molecule has 0 fully saturated rings. The van der Waals surface area contributed by atoms with Crippen LogP contribution < -0.4 is 5.56 Å². The minimum atomic E-state index is -0.279. The Morgan fingerprint density at radius 2 is 2.36 bits per heavy atom. The highest BCUT2D eigenvalue weighted by Crippen LogP contribution is 2.30. The van der Waals surface area contributed by atoms with Crippen molar-refractivity contribution < 1.29 is 0 Å². The van der Waals surface area contributed by atoms with Crippen LogP contribution >= 0.6 is 11.6 Å². The van der Waals surface area contributed by atoms with Gasteiger partial charge >= 0.3 is 0 Å². The number of nitrogens with zero attached hydrogens (tertiary/aromatic N) is 1. The van der Waals surface area contributed by atoms with Gasteiger partial charge in [-0.25, -0.2) is 0 Å². The van der Waals surface area contributed by atoms with Crippen LogP contribution in [0.2, 0.25) is 0 Å². The maximum Gasteiger partial charge on any atom is 0.248 e. The smallest absolute Gasteiger partial charge is 0.248 e. The summed E-state index contributed by atoms with van der Waals surface area (Å²) >= 11 is 5.80. The highest BCUT2D eigenvalue weighted by molar-refractivity contribution is 6.29. The topological polar surface area (TPSA) is 45.2 Å². The lowest BCUT2D eigenvalue weighted by atomic mass is 10.3. The van der Waals surface area contributed by atoms with Gasteiger partial charge < -0.3 is 4.98 Å². The van der Waals surface area contributed by atoms with Crippen molar-refractivity contribution >= 4 is 23.5 Å². The number of nitrogens with one attached hydrogen (secondary N) is 1. The Morgan fingerprint density at radius 3 is 3.18 bits per heavy atom. The van der Waals surface area contributed by atoms with Gasteiger partial charge in [0.15, 0.2) is 0 Å². The number of halogens is 1. The molecule has 1 aromatic heterocycles. The van der Waals surface area contributed by atoms with E-state index in [-0.39, 0.29) is 10.9 Å². The van der Waals surface area contributed by atoms with Crippen molar-refractivity contribution in [3.8, 4) is 0 Å². The highest BCUT2D eigenvalue weighted by Gasteiger charge is 2.16. The fourth-order valence-electron chi connectivity index (χ4n) is 1.03. The van der Waals surface area contributed by atoms with E-state index in [1.165, 1.54) is 6.07 Å². The Kier molecular flexibility index (Phi) is 1.32. The normalized spacial score (nSPS) is 20.3. The summed E-state index contributed by atoms with van der Waals surface area (Å²) in [5.41, 5.74) is 1.31. The number of rotatable bonds is 0. The average molecular weight is 169 g/mol. The molecule has 4 heteroatoms.